The van der Waals surface area contributed by atoms with Gasteiger partial charge in [-0.25, -0.2) is 12.7 Å². The SMILES string of the molecule is CCOCC(C)CS(=O)(=O)N1C[C@@H]2CCC[C@@]2(C(=O)O)C1. The van der Waals surface area contributed by atoms with Crippen molar-refractivity contribution in [2.24, 2.45) is 17.3 Å². The number of aliphatic carboxylic acids is 1. The lowest BCUT2D eigenvalue weighted by Crippen LogP contribution is -2.39. The fraction of sp³-hybridized carbons (Fsp3) is 0.929. The lowest BCUT2D eigenvalue weighted by Gasteiger charge is -2.24. The summed E-state index contributed by atoms with van der Waals surface area (Å²) in [5.41, 5.74) is -0.851. The van der Waals surface area contributed by atoms with E-state index in [1.54, 1.807) is 0 Å². The predicted octanol–water partition coefficient (Wildman–Crippen LogP) is 1.18. The van der Waals surface area contributed by atoms with Crippen LogP contribution >= 0.6 is 0 Å². The van der Waals surface area contributed by atoms with Gasteiger partial charge in [0.1, 0.15) is 0 Å². The molecule has 2 aliphatic rings. The van der Waals surface area contributed by atoms with Crippen molar-refractivity contribution in [1.29, 1.82) is 0 Å². The first-order valence-corrected chi connectivity index (χ1v) is 9.21. The van der Waals surface area contributed by atoms with Crippen molar-refractivity contribution >= 4 is 16.0 Å². The van der Waals surface area contributed by atoms with Gasteiger partial charge in [-0.1, -0.05) is 13.3 Å². The number of nitrogens with zero attached hydrogens (tertiary/aromatic N) is 1. The van der Waals surface area contributed by atoms with Gasteiger partial charge in [0.25, 0.3) is 0 Å². The van der Waals surface area contributed by atoms with E-state index < -0.39 is 21.4 Å². The number of carbonyl (C=O) groups is 1. The first kappa shape index (κ1) is 16.7. The molecule has 1 N–H and O–H groups in total. The number of sulfonamides is 1. The van der Waals surface area contributed by atoms with Crippen LogP contribution in [0, 0.1) is 17.3 Å². The molecular weight excluding hydrogens is 294 g/mol. The maximum atomic E-state index is 12.5. The Morgan fingerprint density at radius 1 is 1.52 bits per heavy atom. The van der Waals surface area contributed by atoms with Crippen molar-refractivity contribution in [3.63, 3.8) is 0 Å². The zero-order valence-corrected chi connectivity index (χ0v) is 13.6. The van der Waals surface area contributed by atoms with E-state index in [2.05, 4.69) is 0 Å². The summed E-state index contributed by atoms with van der Waals surface area (Å²) in [5, 5.41) is 9.51. The van der Waals surface area contributed by atoms with Gasteiger partial charge in [0.15, 0.2) is 0 Å². The fourth-order valence-electron chi connectivity index (χ4n) is 3.64. The lowest BCUT2D eigenvalue weighted by atomic mass is 9.81. The third-order valence-corrected chi connectivity index (χ3v) is 6.82. The van der Waals surface area contributed by atoms with Gasteiger partial charge in [0.2, 0.25) is 10.0 Å². The Morgan fingerprint density at radius 3 is 2.81 bits per heavy atom. The molecule has 3 atom stereocenters. The van der Waals surface area contributed by atoms with Crippen LogP contribution in [0.15, 0.2) is 0 Å². The fourth-order valence-corrected chi connectivity index (χ4v) is 5.50. The van der Waals surface area contributed by atoms with Crippen molar-refractivity contribution in [2.75, 3.05) is 32.1 Å². The van der Waals surface area contributed by atoms with Crippen LogP contribution in [-0.2, 0) is 19.6 Å². The summed E-state index contributed by atoms with van der Waals surface area (Å²) in [6.45, 7) is 5.19. The Hall–Kier alpha value is -0.660. The van der Waals surface area contributed by atoms with Crippen molar-refractivity contribution < 1.29 is 23.1 Å². The zero-order valence-electron chi connectivity index (χ0n) is 12.7. The van der Waals surface area contributed by atoms with Crippen LogP contribution in [-0.4, -0.2) is 55.9 Å². The molecule has 2 fully saturated rings. The zero-order chi connectivity index (χ0) is 15.7. The minimum Gasteiger partial charge on any atom is -0.481 e. The highest BCUT2D eigenvalue weighted by molar-refractivity contribution is 7.89. The van der Waals surface area contributed by atoms with Gasteiger partial charge in [0.05, 0.1) is 17.8 Å². The largest absolute Gasteiger partial charge is 0.481 e. The monoisotopic (exact) mass is 319 g/mol. The highest BCUT2D eigenvalue weighted by Gasteiger charge is 2.57. The second-order valence-corrected chi connectivity index (χ2v) is 8.40. The van der Waals surface area contributed by atoms with E-state index in [0.717, 1.165) is 12.8 Å². The molecule has 122 valence electrons. The molecule has 6 nitrogen and oxygen atoms in total. The normalized spacial score (nSPS) is 31.2. The molecular formula is C14H25NO5S. The van der Waals surface area contributed by atoms with E-state index >= 15 is 0 Å². The minimum absolute atomic E-state index is 0.0232. The van der Waals surface area contributed by atoms with E-state index in [1.165, 1.54) is 4.31 Å². The summed E-state index contributed by atoms with van der Waals surface area (Å²) < 4.78 is 31.6. The maximum Gasteiger partial charge on any atom is 0.311 e. The first-order chi connectivity index (χ1) is 9.82. The van der Waals surface area contributed by atoms with Crippen LogP contribution in [0.25, 0.3) is 0 Å². The number of rotatable bonds is 7. The molecule has 1 aliphatic heterocycles. The lowest BCUT2D eigenvalue weighted by molar-refractivity contribution is -0.149. The summed E-state index contributed by atoms with van der Waals surface area (Å²) in [6, 6.07) is 0. The molecule has 0 radical (unpaired) electrons. The van der Waals surface area contributed by atoms with E-state index in [-0.39, 0.29) is 24.1 Å². The molecule has 1 saturated carbocycles. The summed E-state index contributed by atoms with van der Waals surface area (Å²) in [6.07, 6.45) is 2.28. The number of carboxylic acid groups (broad SMARTS) is 1. The number of hydrogen-bond donors (Lipinski definition) is 1. The Kier molecular flexibility index (Phi) is 4.95. The van der Waals surface area contributed by atoms with E-state index in [9.17, 15) is 18.3 Å². The number of hydrogen-bond acceptors (Lipinski definition) is 4. The second kappa shape index (κ2) is 6.22. The topological polar surface area (TPSA) is 83.9 Å². The number of ether oxygens (including phenoxy) is 1. The van der Waals surface area contributed by atoms with Gasteiger partial charge < -0.3 is 9.84 Å². The van der Waals surface area contributed by atoms with Crippen LogP contribution in [0.4, 0.5) is 0 Å². The Balaban J connectivity index is 2.04. The van der Waals surface area contributed by atoms with Crippen molar-refractivity contribution in [3.8, 4) is 0 Å². The highest BCUT2D eigenvalue weighted by atomic mass is 32.2. The van der Waals surface area contributed by atoms with Crippen LogP contribution in [0.2, 0.25) is 0 Å². The van der Waals surface area contributed by atoms with Gasteiger partial charge in [-0.15, -0.1) is 0 Å². The van der Waals surface area contributed by atoms with Crippen molar-refractivity contribution in [2.45, 2.75) is 33.1 Å². The van der Waals surface area contributed by atoms with Gasteiger partial charge in [0, 0.05) is 19.7 Å². The average molecular weight is 319 g/mol. The van der Waals surface area contributed by atoms with Crippen LogP contribution in [0.5, 0.6) is 0 Å². The number of fused-ring (bicyclic) bond motifs is 1. The van der Waals surface area contributed by atoms with Crippen LogP contribution in [0.3, 0.4) is 0 Å². The highest BCUT2D eigenvalue weighted by Crippen LogP contribution is 2.49. The molecule has 21 heavy (non-hydrogen) atoms. The summed E-state index contributed by atoms with van der Waals surface area (Å²) in [7, 11) is -3.41. The van der Waals surface area contributed by atoms with Crippen LogP contribution < -0.4 is 0 Å². The summed E-state index contributed by atoms with van der Waals surface area (Å²) in [4.78, 5) is 11.6. The molecule has 7 heteroatoms. The second-order valence-electron chi connectivity index (χ2n) is 6.39. The van der Waals surface area contributed by atoms with Crippen LogP contribution in [0.1, 0.15) is 33.1 Å². The molecule has 2 rings (SSSR count). The Labute approximate surface area is 126 Å². The minimum atomic E-state index is -3.41. The first-order valence-electron chi connectivity index (χ1n) is 7.61. The Morgan fingerprint density at radius 2 is 2.24 bits per heavy atom. The molecule has 1 unspecified atom stereocenters. The molecule has 1 heterocycles. The molecule has 0 amide bonds. The molecule has 1 saturated heterocycles. The Bertz CT molecular complexity index is 492. The molecule has 0 aromatic carbocycles. The summed E-state index contributed by atoms with van der Waals surface area (Å²) >= 11 is 0. The standard InChI is InChI=1S/C14H25NO5S/c1-3-20-8-11(2)9-21(18,19)15-7-12-5-4-6-14(12,10-15)13(16)17/h11-12H,3-10H2,1-2H3,(H,16,17)/t11?,12-,14+/m0/s1. The van der Waals surface area contributed by atoms with E-state index in [0.29, 0.717) is 26.2 Å². The van der Waals surface area contributed by atoms with E-state index in [1.807, 2.05) is 13.8 Å². The predicted molar refractivity (Wildman–Crippen MR) is 78.4 cm³/mol. The van der Waals surface area contributed by atoms with Crippen molar-refractivity contribution in [1.82, 2.24) is 4.31 Å². The molecule has 0 aromatic heterocycles. The molecule has 0 spiro atoms. The van der Waals surface area contributed by atoms with E-state index in [4.69, 9.17) is 4.74 Å². The third-order valence-electron chi connectivity index (χ3n) is 4.76. The summed E-state index contributed by atoms with van der Waals surface area (Å²) in [5.74, 6) is -0.941. The van der Waals surface area contributed by atoms with Gasteiger partial charge in [-0.05, 0) is 31.6 Å². The smallest absolute Gasteiger partial charge is 0.311 e. The molecule has 1 aliphatic carbocycles. The van der Waals surface area contributed by atoms with Gasteiger partial charge >= 0.3 is 5.97 Å². The average Bonchev–Trinajstić information content (AvgIpc) is 2.93. The molecule has 0 bridgehead atoms. The molecule has 0 aromatic rings. The third kappa shape index (κ3) is 3.24. The van der Waals surface area contributed by atoms with Crippen molar-refractivity contribution in [3.05, 3.63) is 0 Å². The van der Waals surface area contributed by atoms with Gasteiger partial charge in [-0.3, -0.25) is 4.79 Å². The maximum absolute atomic E-state index is 12.5. The quantitative estimate of drug-likeness (QED) is 0.761. The number of carboxylic acids is 1. The van der Waals surface area contributed by atoms with Gasteiger partial charge in [-0.2, -0.15) is 0 Å².